The fourth-order valence-electron chi connectivity index (χ4n) is 2.53. The van der Waals surface area contributed by atoms with E-state index in [4.69, 9.17) is 0 Å². The van der Waals surface area contributed by atoms with Crippen LogP contribution < -0.4 is 0 Å². The zero-order valence-corrected chi connectivity index (χ0v) is 12.5. The molecule has 0 aromatic heterocycles. The molecule has 1 saturated heterocycles. The van der Waals surface area contributed by atoms with E-state index in [0.29, 0.717) is 19.6 Å². The molecule has 0 bridgehead atoms. The third kappa shape index (κ3) is 3.45. The average molecular weight is 276 g/mol. The van der Waals surface area contributed by atoms with Gasteiger partial charge in [-0.15, -0.1) is 0 Å². The lowest BCUT2D eigenvalue weighted by Gasteiger charge is -2.39. The molecule has 0 radical (unpaired) electrons. The fraction of sp³-hybridized carbons (Fsp3) is 0.917. The molecule has 0 saturated carbocycles. The van der Waals surface area contributed by atoms with Crippen LogP contribution in [0, 0.1) is 5.92 Å². The quantitative estimate of drug-likeness (QED) is 0.767. The molecule has 0 aliphatic carbocycles. The highest BCUT2D eigenvalue weighted by Crippen LogP contribution is 2.18. The molecule has 1 heterocycles. The summed E-state index contributed by atoms with van der Waals surface area (Å²) >= 11 is 0. The van der Waals surface area contributed by atoms with Crippen molar-refractivity contribution in [1.82, 2.24) is 9.21 Å². The average Bonchev–Trinajstić information content (AvgIpc) is 2.28. The summed E-state index contributed by atoms with van der Waals surface area (Å²) in [6.07, 6.45) is 2.91. The van der Waals surface area contributed by atoms with E-state index in [-0.39, 0.29) is 17.9 Å². The predicted octanol–water partition coefficient (Wildman–Crippen LogP) is 0.915. The van der Waals surface area contributed by atoms with E-state index in [1.165, 1.54) is 10.6 Å². The van der Waals surface area contributed by atoms with Gasteiger partial charge in [0.05, 0.1) is 6.26 Å². The number of carbonyl (C=O) groups is 1. The molecule has 1 aliphatic rings. The first-order chi connectivity index (χ1) is 8.31. The first kappa shape index (κ1) is 15.4. The van der Waals surface area contributed by atoms with E-state index >= 15 is 0 Å². The van der Waals surface area contributed by atoms with Crippen LogP contribution in [0.15, 0.2) is 0 Å². The van der Waals surface area contributed by atoms with Crippen LogP contribution in [0.5, 0.6) is 0 Å². The Labute approximate surface area is 110 Å². The molecule has 6 heteroatoms. The van der Waals surface area contributed by atoms with Gasteiger partial charge in [-0.05, 0) is 19.8 Å². The number of hydrogen-bond donors (Lipinski definition) is 0. The first-order valence-corrected chi connectivity index (χ1v) is 8.41. The summed E-state index contributed by atoms with van der Waals surface area (Å²) in [6, 6.07) is -0.132. The molecular weight excluding hydrogens is 252 g/mol. The summed E-state index contributed by atoms with van der Waals surface area (Å²) in [7, 11) is -3.16. The molecule has 1 atom stereocenters. The number of amides is 1. The van der Waals surface area contributed by atoms with Crippen LogP contribution in [0.4, 0.5) is 0 Å². The van der Waals surface area contributed by atoms with Crippen molar-refractivity contribution in [1.29, 1.82) is 0 Å². The number of sulfonamides is 1. The number of rotatable bonds is 4. The molecule has 0 spiro atoms. The largest absolute Gasteiger partial charge is 0.340 e. The van der Waals surface area contributed by atoms with Gasteiger partial charge in [-0.1, -0.05) is 13.8 Å². The Kier molecular flexibility index (Phi) is 5.16. The Balaban J connectivity index is 2.69. The second-order valence-electron chi connectivity index (χ2n) is 5.02. The van der Waals surface area contributed by atoms with Crippen molar-refractivity contribution in [3.8, 4) is 0 Å². The molecule has 1 amide bonds. The van der Waals surface area contributed by atoms with Gasteiger partial charge in [-0.3, -0.25) is 4.79 Å². The van der Waals surface area contributed by atoms with Crippen LogP contribution in [-0.4, -0.2) is 55.5 Å². The van der Waals surface area contributed by atoms with E-state index in [1.807, 2.05) is 25.7 Å². The normalized spacial score (nSPS) is 22.5. The van der Waals surface area contributed by atoms with Gasteiger partial charge in [0.15, 0.2) is 0 Å². The minimum atomic E-state index is -3.16. The Bertz CT molecular complexity index is 390. The summed E-state index contributed by atoms with van der Waals surface area (Å²) in [5.74, 6) is 0.238. The molecule has 1 fully saturated rings. The summed E-state index contributed by atoms with van der Waals surface area (Å²) in [4.78, 5) is 14.0. The van der Waals surface area contributed by atoms with Gasteiger partial charge >= 0.3 is 0 Å². The molecule has 0 N–H and O–H groups in total. The lowest BCUT2D eigenvalue weighted by atomic mass is 10.0. The van der Waals surface area contributed by atoms with Gasteiger partial charge in [0.25, 0.3) is 0 Å². The van der Waals surface area contributed by atoms with Gasteiger partial charge in [-0.2, -0.15) is 4.31 Å². The summed E-state index contributed by atoms with van der Waals surface area (Å²) < 4.78 is 24.6. The van der Waals surface area contributed by atoms with Gasteiger partial charge in [0.1, 0.15) is 0 Å². The number of hydrogen-bond acceptors (Lipinski definition) is 3. The molecule has 1 aliphatic heterocycles. The maximum Gasteiger partial charge on any atom is 0.225 e. The van der Waals surface area contributed by atoms with E-state index in [0.717, 1.165) is 12.8 Å². The topological polar surface area (TPSA) is 57.7 Å². The molecule has 0 aromatic rings. The van der Waals surface area contributed by atoms with Crippen LogP contribution in [-0.2, 0) is 14.8 Å². The molecule has 18 heavy (non-hydrogen) atoms. The van der Waals surface area contributed by atoms with Crippen LogP contribution >= 0.6 is 0 Å². The number of nitrogens with zero attached hydrogens (tertiary/aromatic N) is 2. The standard InChI is InChI=1S/C12H24N2O3S/c1-5-11(6-2)12(15)13-7-8-14(10(3)9-13)18(4,16)17/h10-11H,5-9H2,1-4H3/t10-/m0/s1. The molecule has 1 rings (SSSR count). The number of carbonyl (C=O) groups excluding carboxylic acids is 1. The van der Waals surface area contributed by atoms with Crippen LogP contribution in [0.25, 0.3) is 0 Å². The molecule has 106 valence electrons. The van der Waals surface area contributed by atoms with Crippen molar-refractivity contribution in [2.75, 3.05) is 25.9 Å². The van der Waals surface area contributed by atoms with Crippen molar-refractivity contribution >= 4 is 15.9 Å². The SMILES string of the molecule is CCC(CC)C(=O)N1CCN(S(C)(=O)=O)[C@@H](C)C1. The Hall–Kier alpha value is -0.620. The lowest BCUT2D eigenvalue weighted by Crippen LogP contribution is -2.56. The van der Waals surface area contributed by atoms with E-state index in [2.05, 4.69) is 0 Å². The van der Waals surface area contributed by atoms with Crippen molar-refractivity contribution in [3.05, 3.63) is 0 Å². The Morgan fingerprint density at radius 2 is 1.83 bits per heavy atom. The lowest BCUT2D eigenvalue weighted by molar-refractivity contribution is -0.137. The minimum absolute atomic E-state index is 0.0713. The van der Waals surface area contributed by atoms with Crippen molar-refractivity contribution in [2.24, 2.45) is 5.92 Å². The summed E-state index contributed by atoms with van der Waals surface area (Å²) in [5.41, 5.74) is 0. The van der Waals surface area contributed by atoms with Gasteiger partial charge in [0.2, 0.25) is 15.9 Å². The van der Waals surface area contributed by atoms with Gasteiger partial charge in [-0.25, -0.2) is 8.42 Å². The van der Waals surface area contributed by atoms with E-state index in [1.54, 1.807) is 0 Å². The highest BCUT2D eigenvalue weighted by atomic mass is 32.2. The Morgan fingerprint density at radius 1 is 1.28 bits per heavy atom. The second-order valence-corrected chi connectivity index (χ2v) is 6.96. The maximum absolute atomic E-state index is 12.2. The minimum Gasteiger partial charge on any atom is -0.340 e. The molecular formula is C12H24N2O3S. The number of piperazine rings is 1. The first-order valence-electron chi connectivity index (χ1n) is 6.56. The second kappa shape index (κ2) is 6.02. The predicted molar refractivity (Wildman–Crippen MR) is 71.7 cm³/mol. The fourth-order valence-corrected chi connectivity index (χ4v) is 3.66. The highest BCUT2D eigenvalue weighted by Gasteiger charge is 2.33. The van der Waals surface area contributed by atoms with E-state index in [9.17, 15) is 13.2 Å². The van der Waals surface area contributed by atoms with Crippen LogP contribution in [0.2, 0.25) is 0 Å². The van der Waals surface area contributed by atoms with E-state index < -0.39 is 10.0 Å². The summed E-state index contributed by atoms with van der Waals surface area (Å²) in [6.45, 7) is 7.30. The van der Waals surface area contributed by atoms with Crippen molar-refractivity contribution in [2.45, 2.75) is 39.7 Å². The highest BCUT2D eigenvalue weighted by molar-refractivity contribution is 7.88. The monoisotopic (exact) mass is 276 g/mol. The third-order valence-electron chi connectivity index (χ3n) is 3.64. The maximum atomic E-state index is 12.2. The van der Waals surface area contributed by atoms with Gasteiger partial charge < -0.3 is 4.90 Å². The van der Waals surface area contributed by atoms with Crippen LogP contribution in [0.1, 0.15) is 33.6 Å². The van der Waals surface area contributed by atoms with Crippen LogP contribution in [0.3, 0.4) is 0 Å². The zero-order valence-electron chi connectivity index (χ0n) is 11.7. The molecule has 5 nitrogen and oxygen atoms in total. The van der Waals surface area contributed by atoms with Crippen molar-refractivity contribution in [3.63, 3.8) is 0 Å². The molecule has 0 unspecified atom stereocenters. The Morgan fingerprint density at radius 3 is 2.22 bits per heavy atom. The smallest absolute Gasteiger partial charge is 0.225 e. The molecule has 0 aromatic carbocycles. The third-order valence-corrected chi connectivity index (χ3v) is 5.03. The zero-order chi connectivity index (χ0) is 13.9. The van der Waals surface area contributed by atoms with Crippen molar-refractivity contribution < 1.29 is 13.2 Å². The summed E-state index contributed by atoms with van der Waals surface area (Å²) in [5, 5.41) is 0. The van der Waals surface area contributed by atoms with Gasteiger partial charge in [0, 0.05) is 31.6 Å².